The Labute approximate surface area is 121 Å². The number of halogens is 3. The van der Waals surface area contributed by atoms with Gasteiger partial charge in [-0.05, 0) is 25.5 Å². The van der Waals surface area contributed by atoms with E-state index in [9.17, 15) is 18.3 Å². The monoisotopic (exact) mass is 302 g/mol. The number of hydrogen-bond acceptors (Lipinski definition) is 3. The first-order chi connectivity index (χ1) is 9.67. The lowest BCUT2D eigenvalue weighted by Gasteiger charge is -2.32. The summed E-state index contributed by atoms with van der Waals surface area (Å²) in [7, 11) is 0. The third kappa shape index (κ3) is 4.22. The van der Waals surface area contributed by atoms with E-state index in [2.05, 4.69) is 0 Å². The molecule has 0 aliphatic carbocycles. The molecule has 1 heterocycles. The molecule has 0 radical (unpaired) electrons. The third-order valence-corrected chi connectivity index (χ3v) is 3.22. The summed E-state index contributed by atoms with van der Waals surface area (Å²) in [5.74, 6) is -0.718. The molecular formula is C15H17F3O3. The molecule has 3 nitrogen and oxygen atoms in total. The number of aliphatic hydroxyl groups is 1. The van der Waals surface area contributed by atoms with Crippen LogP contribution in [0.2, 0.25) is 0 Å². The van der Waals surface area contributed by atoms with Gasteiger partial charge in [0.15, 0.2) is 5.79 Å². The second-order valence-corrected chi connectivity index (χ2v) is 5.40. The predicted octanol–water partition coefficient (Wildman–Crippen LogP) is 3.84. The van der Waals surface area contributed by atoms with Gasteiger partial charge in [0.05, 0.1) is 18.8 Å². The maximum atomic E-state index is 12.6. The normalized spacial score (nSPS) is 18.6. The van der Waals surface area contributed by atoms with Gasteiger partial charge in [0.2, 0.25) is 0 Å². The number of allylic oxidation sites excluding steroid dienone is 1. The molecule has 0 aromatic heterocycles. The summed E-state index contributed by atoms with van der Waals surface area (Å²) in [5.41, 5.74) is 0.210. The highest BCUT2D eigenvalue weighted by Gasteiger charge is 2.30. The van der Waals surface area contributed by atoms with Crippen LogP contribution in [0.5, 0.6) is 0 Å². The second-order valence-electron chi connectivity index (χ2n) is 5.40. The Morgan fingerprint density at radius 1 is 1.24 bits per heavy atom. The Morgan fingerprint density at radius 2 is 1.86 bits per heavy atom. The fraction of sp³-hybridized carbons (Fsp3) is 0.467. The highest BCUT2D eigenvalue weighted by atomic mass is 19.4. The van der Waals surface area contributed by atoms with Crippen molar-refractivity contribution in [2.75, 3.05) is 13.2 Å². The molecule has 1 N–H and O–H groups in total. The molecule has 0 bridgehead atoms. The lowest BCUT2D eigenvalue weighted by molar-refractivity contribution is -0.226. The van der Waals surface area contributed by atoms with Crippen molar-refractivity contribution in [3.05, 3.63) is 46.7 Å². The number of benzene rings is 1. The van der Waals surface area contributed by atoms with Gasteiger partial charge in [-0.2, -0.15) is 13.2 Å². The Bertz CT molecular complexity index is 535. The van der Waals surface area contributed by atoms with Gasteiger partial charge in [0, 0.05) is 12.0 Å². The van der Waals surface area contributed by atoms with E-state index in [0.29, 0.717) is 11.1 Å². The molecule has 0 amide bonds. The summed E-state index contributed by atoms with van der Waals surface area (Å²) in [6.45, 7) is 3.93. The summed E-state index contributed by atoms with van der Waals surface area (Å²) in [4.78, 5) is 0. The summed E-state index contributed by atoms with van der Waals surface area (Å²) < 4.78 is 48.7. The van der Waals surface area contributed by atoms with E-state index in [1.165, 1.54) is 6.07 Å². The highest BCUT2D eigenvalue weighted by Crippen LogP contribution is 2.30. The summed E-state index contributed by atoms with van der Waals surface area (Å²) in [6.07, 6.45) is -4.37. The first-order valence-electron chi connectivity index (χ1n) is 6.51. The van der Waals surface area contributed by atoms with Crippen LogP contribution in [0, 0.1) is 0 Å². The fourth-order valence-corrected chi connectivity index (χ4v) is 1.95. The summed E-state index contributed by atoms with van der Waals surface area (Å²) in [5, 5.41) is 10.0. The van der Waals surface area contributed by atoms with Crippen LogP contribution in [0.3, 0.4) is 0 Å². The van der Waals surface area contributed by atoms with Gasteiger partial charge in [-0.25, -0.2) is 0 Å². The minimum Gasteiger partial charge on any atom is -0.512 e. The van der Waals surface area contributed by atoms with Crippen molar-refractivity contribution in [2.45, 2.75) is 32.2 Å². The van der Waals surface area contributed by atoms with E-state index in [4.69, 9.17) is 9.47 Å². The lowest BCUT2D eigenvalue weighted by atomic mass is 10.0. The van der Waals surface area contributed by atoms with Crippen LogP contribution in [0.25, 0.3) is 0 Å². The molecule has 6 heteroatoms. The average Bonchev–Trinajstić information content (AvgIpc) is 2.37. The molecule has 1 aromatic carbocycles. The topological polar surface area (TPSA) is 38.7 Å². The van der Waals surface area contributed by atoms with Crippen LogP contribution >= 0.6 is 0 Å². The molecule has 1 aliphatic heterocycles. The van der Waals surface area contributed by atoms with Crippen molar-refractivity contribution in [3.63, 3.8) is 0 Å². The average molecular weight is 302 g/mol. The third-order valence-electron chi connectivity index (χ3n) is 3.22. The number of ether oxygens (including phenoxy) is 2. The van der Waals surface area contributed by atoms with Crippen LogP contribution in [0.4, 0.5) is 13.2 Å². The molecular weight excluding hydrogens is 285 g/mol. The molecule has 2 rings (SSSR count). The smallest absolute Gasteiger partial charge is 0.416 e. The van der Waals surface area contributed by atoms with E-state index in [0.717, 1.165) is 12.1 Å². The molecule has 0 atom stereocenters. The van der Waals surface area contributed by atoms with Crippen LogP contribution in [-0.2, 0) is 22.1 Å². The minimum atomic E-state index is -4.39. The Kier molecular flexibility index (Phi) is 4.30. The SMILES string of the molecule is CC1(C)OCC(=C(O)Cc2cccc(C(F)(F)F)c2)CO1. The first-order valence-corrected chi connectivity index (χ1v) is 6.51. The van der Waals surface area contributed by atoms with Crippen molar-refractivity contribution in [1.82, 2.24) is 0 Å². The maximum Gasteiger partial charge on any atom is 0.416 e. The zero-order chi connectivity index (χ0) is 15.7. The van der Waals surface area contributed by atoms with E-state index < -0.39 is 17.5 Å². The van der Waals surface area contributed by atoms with E-state index >= 15 is 0 Å². The van der Waals surface area contributed by atoms with Crippen molar-refractivity contribution in [3.8, 4) is 0 Å². The maximum absolute atomic E-state index is 12.6. The van der Waals surface area contributed by atoms with Crippen molar-refractivity contribution in [2.24, 2.45) is 0 Å². The molecule has 116 valence electrons. The molecule has 1 aromatic rings. The Morgan fingerprint density at radius 3 is 2.43 bits per heavy atom. The number of aliphatic hydroxyl groups excluding tert-OH is 1. The number of hydrogen-bond donors (Lipinski definition) is 1. The predicted molar refractivity (Wildman–Crippen MR) is 70.8 cm³/mol. The second kappa shape index (κ2) is 5.69. The van der Waals surface area contributed by atoms with Gasteiger partial charge >= 0.3 is 6.18 Å². The Balaban J connectivity index is 2.11. The highest BCUT2D eigenvalue weighted by molar-refractivity contribution is 5.29. The van der Waals surface area contributed by atoms with Gasteiger partial charge in [-0.15, -0.1) is 0 Å². The number of rotatable bonds is 2. The van der Waals surface area contributed by atoms with Gasteiger partial charge < -0.3 is 14.6 Å². The summed E-state index contributed by atoms with van der Waals surface area (Å²) in [6, 6.07) is 4.90. The lowest BCUT2D eigenvalue weighted by Crippen LogP contribution is -2.36. The largest absolute Gasteiger partial charge is 0.512 e. The zero-order valence-corrected chi connectivity index (χ0v) is 11.8. The minimum absolute atomic E-state index is 0.00942. The van der Waals surface area contributed by atoms with Crippen molar-refractivity contribution >= 4 is 0 Å². The van der Waals surface area contributed by atoms with Crippen LogP contribution in [0.15, 0.2) is 35.6 Å². The van der Waals surface area contributed by atoms with Crippen LogP contribution < -0.4 is 0 Å². The number of alkyl halides is 3. The zero-order valence-electron chi connectivity index (χ0n) is 11.8. The molecule has 1 fully saturated rings. The molecule has 1 saturated heterocycles. The van der Waals surface area contributed by atoms with Gasteiger partial charge in [-0.1, -0.05) is 18.2 Å². The fourth-order valence-electron chi connectivity index (χ4n) is 1.95. The van der Waals surface area contributed by atoms with E-state index in [1.807, 2.05) is 0 Å². The van der Waals surface area contributed by atoms with Gasteiger partial charge in [0.1, 0.15) is 5.76 Å². The summed E-state index contributed by atoms with van der Waals surface area (Å²) >= 11 is 0. The van der Waals surface area contributed by atoms with Crippen molar-refractivity contribution in [1.29, 1.82) is 0 Å². The molecule has 0 saturated carbocycles. The van der Waals surface area contributed by atoms with Crippen molar-refractivity contribution < 1.29 is 27.8 Å². The van der Waals surface area contributed by atoms with Crippen LogP contribution in [-0.4, -0.2) is 24.1 Å². The first kappa shape index (κ1) is 15.9. The molecule has 21 heavy (non-hydrogen) atoms. The molecule has 0 spiro atoms. The quantitative estimate of drug-likeness (QED) is 0.844. The van der Waals surface area contributed by atoms with E-state index in [1.54, 1.807) is 19.9 Å². The van der Waals surface area contributed by atoms with E-state index in [-0.39, 0.29) is 25.4 Å². The van der Waals surface area contributed by atoms with Gasteiger partial charge in [-0.3, -0.25) is 0 Å². The Hall–Kier alpha value is -1.53. The molecule has 0 unspecified atom stereocenters. The van der Waals surface area contributed by atoms with Crippen LogP contribution in [0.1, 0.15) is 25.0 Å². The molecule has 1 aliphatic rings. The van der Waals surface area contributed by atoms with Gasteiger partial charge in [0.25, 0.3) is 0 Å². The standard InChI is InChI=1S/C15H17F3O3/c1-14(2)20-8-11(9-21-14)13(19)7-10-4-3-5-12(6-10)15(16,17)18/h3-6,19H,7-9H2,1-2H3.